The highest BCUT2D eigenvalue weighted by Gasteiger charge is 2.33. The molecule has 1 aliphatic rings. The number of aryl methyl sites for hydroxylation is 1. The maximum absolute atomic E-state index is 13.1. The Labute approximate surface area is 173 Å². The average Bonchev–Trinajstić information content (AvgIpc) is 2.65. The lowest BCUT2D eigenvalue weighted by Gasteiger charge is -2.33. The first-order valence-corrected chi connectivity index (χ1v) is 9.91. The summed E-state index contributed by atoms with van der Waals surface area (Å²) in [6.07, 6.45) is -1.73. The molecule has 1 aromatic carbocycles. The number of benzene rings is 1. The van der Waals surface area contributed by atoms with Gasteiger partial charge in [-0.2, -0.15) is 0 Å². The van der Waals surface area contributed by atoms with E-state index in [0.29, 0.717) is 11.3 Å². The van der Waals surface area contributed by atoms with Gasteiger partial charge in [0.25, 0.3) is 6.43 Å². The van der Waals surface area contributed by atoms with Gasteiger partial charge >= 0.3 is 6.09 Å². The van der Waals surface area contributed by atoms with Crippen molar-refractivity contribution in [3.63, 3.8) is 0 Å². The van der Waals surface area contributed by atoms with Gasteiger partial charge in [0.2, 0.25) is 0 Å². The van der Waals surface area contributed by atoms with Gasteiger partial charge in [-0.3, -0.25) is 4.90 Å². The summed E-state index contributed by atoms with van der Waals surface area (Å²) in [5, 5.41) is 9.89. The first kappa shape index (κ1) is 21.4. The molecule has 156 valence electrons. The van der Waals surface area contributed by atoms with Gasteiger partial charge in [0.1, 0.15) is 5.15 Å². The van der Waals surface area contributed by atoms with E-state index in [0.717, 1.165) is 29.7 Å². The maximum Gasteiger partial charge on any atom is 0.408 e. The van der Waals surface area contributed by atoms with Crippen molar-refractivity contribution in [2.24, 2.45) is 5.41 Å². The molecular weight excluding hydrogens is 400 g/mol. The van der Waals surface area contributed by atoms with Crippen molar-refractivity contribution in [3.8, 4) is 0 Å². The van der Waals surface area contributed by atoms with Gasteiger partial charge in [-0.15, -0.1) is 0 Å². The van der Waals surface area contributed by atoms with Crippen molar-refractivity contribution < 1.29 is 18.7 Å². The van der Waals surface area contributed by atoms with Crippen LogP contribution in [0.1, 0.15) is 49.0 Å². The number of halogens is 3. The van der Waals surface area contributed by atoms with E-state index in [4.69, 9.17) is 11.6 Å². The third-order valence-corrected chi connectivity index (χ3v) is 5.59. The second-order valence-electron chi connectivity index (χ2n) is 8.17. The second-order valence-corrected chi connectivity index (χ2v) is 8.53. The van der Waals surface area contributed by atoms with Gasteiger partial charge in [-0.25, -0.2) is 23.5 Å². The zero-order chi connectivity index (χ0) is 21.2. The molecule has 0 spiro atoms. The molecule has 0 fully saturated rings. The van der Waals surface area contributed by atoms with Crippen LogP contribution in [0.3, 0.4) is 0 Å². The smallest absolute Gasteiger partial charge is 0.408 e. The van der Waals surface area contributed by atoms with Gasteiger partial charge in [-0.05, 0) is 30.2 Å². The molecule has 3 rings (SSSR count). The highest BCUT2D eigenvalue weighted by atomic mass is 35.5. The summed E-state index contributed by atoms with van der Waals surface area (Å²) in [5.41, 5.74) is 2.52. The molecule has 0 bridgehead atoms. The van der Waals surface area contributed by atoms with Crippen LogP contribution in [0.4, 0.5) is 13.6 Å². The highest BCUT2D eigenvalue weighted by molar-refractivity contribution is 6.30. The predicted molar refractivity (Wildman–Crippen MR) is 106 cm³/mol. The number of nitrogens with zero attached hydrogens (tertiary/aromatic N) is 3. The number of hydrogen-bond donors (Lipinski definition) is 1. The fourth-order valence-corrected chi connectivity index (χ4v) is 4.00. The van der Waals surface area contributed by atoms with Gasteiger partial charge in [0.05, 0.1) is 12.6 Å². The second kappa shape index (κ2) is 8.61. The highest BCUT2D eigenvalue weighted by Crippen LogP contribution is 2.37. The Bertz CT molecular complexity index is 878. The van der Waals surface area contributed by atoms with Crippen LogP contribution < -0.4 is 0 Å². The van der Waals surface area contributed by atoms with Crippen LogP contribution >= 0.6 is 11.6 Å². The van der Waals surface area contributed by atoms with Crippen LogP contribution in [0.2, 0.25) is 5.15 Å². The number of fused-ring (bicyclic) bond motifs is 1. The minimum atomic E-state index is -2.81. The number of hydrogen-bond acceptors (Lipinski definition) is 3. The molecular formula is C21H24ClF2N3O2. The minimum absolute atomic E-state index is 0.0771. The molecule has 1 aliphatic carbocycles. The Balaban J connectivity index is 2.03. The summed E-state index contributed by atoms with van der Waals surface area (Å²) in [5.74, 6) is 0.167. The lowest BCUT2D eigenvalue weighted by atomic mass is 9.76. The molecule has 5 nitrogen and oxygen atoms in total. The first-order chi connectivity index (χ1) is 13.7. The van der Waals surface area contributed by atoms with Crippen molar-refractivity contribution in [1.82, 2.24) is 14.9 Å². The lowest BCUT2D eigenvalue weighted by molar-refractivity contribution is 0.0588. The molecule has 1 atom stereocenters. The molecule has 2 aromatic rings. The Morgan fingerprint density at radius 2 is 1.97 bits per heavy atom. The van der Waals surface area contributed by atoms with Crippen LogP contribution in [0.25, 0.3) is 0 Å². The third kappa shape index (κ3) is 5.21. The van der Waals surface area contributed by atoms with E-state index >= 15 is 0 Å². The number of carboxylic acid groups (broad SMARTS) is 1. The van der Waals surface area contributed by atoms with Crippen LogP contribution in [-0.2, 0) is 19.3 Å². The molecule has 8 heteroatoms. The zero-order valence-corrected chi connectivity index (χ0v) is 17.2. The summed E-state index contributed by atoms with van der Waals surface area (Å²) >= 11 is 6.45. The SMILES string of the molecule is CC1(C)CCc2nc(C(Cc3ccccc3)N(CC(F)F)C(=O)O)nc(Cl)c2C1. The van der Waals surface area contributed by atoms with E-state index in [-0.39, 0.29) is 22.8 Å². The van der Waals surface area contributed by atoms with E-state index < -0.39 is 25.1 Å². The Morgan fingerprint density at radius 1 is 1.28 bits per heavy atom. The molecule has 1 aromatic heterocycles. The molecule has 1 unspecified atom stereocenters. The third-order valence-electron chi connectivity index (χ3n) is 5.28. The van der Waals surface area contributed by atoms with Crippen molar-refractivity contribution in [1.29, 1.82) is 0 Å². The quantitative estimate of drug-likeness (QED) is 0.650. The molecule has 29 heavy (non-hydrogen) atoms. The van der Waals surface area contributed by atoms with Crippen molar-refractivity contribution in [3.05, 3.63) is 58.1 Å². The predicted octanol–water partition coefficient (Wildman–Crippen LogP) is 5.17. The number of rotatable bonds is 6. The topological polar surface area (TPSA) is 66.3 Å². The minimum Gasteiger partial charge on any atom is -0.465 e. The average molecular weight is 424 g/mol. The standard InChI is InChI=1S/C21H24ClF2N3O2/c1-21(2)9-8-15-14(11-21)18(22)26-19(25-15)16(10-13-6-4-3-5-7-13)27(20(28)29)12-17(23)24/h3-7,16-17H,8-12H2,1-2H3,(H,28,29). The normalized spacial score (nSPS) is 16.3. The van der Waals surface area contributed by atoms with E-state index in [1.165, 1.54) is 0 Å². The van der Waals surface area contributed by atoms with Crippen LogP contribution in [0, 0.1) is 5.41 Å². The zero-order valence-electron chi connectivity index (χ0n) is 16.4. The summed E-state index contributed by atoms with van der Waals surface area (Å²) in [7, 11) is 0. The van der Waals surface area contributed by atoms with Crippen molar-refractivity contribution >= 4 is 17.7 Å². The van der Waals surface area contributed by atoms with E-state index in [1.54, 1.807) is 0 Å². The summed E-state index contributed by atoms with van der Waals surface area (Å²) in [6.45, 7) is 3.37. The van der Waals surface area contributed by atoms with E-state index in [9.17, 15) is 18.7 Å². The monoisotopic (exact) mass is 423 g/mol. The molecule has 1 heterocycles. The summed E-state index contributed by atoms with van der Waals surface area (Å²) in [4.78, 5) is 21.5. The molecule has 1 amide bonds. The van der Waals surface area contributed by atoms with Crippen molar-refractivity contribution in [2.45, 2.75) is 52.0 Å². The van der Waals surface area contributed by atoms with Gasteiger partial charge in [0.15, 0.2) is 5.82 Å². The fraction of sp³-hybridized carbons (Fsp3) is 0.476. The van der Waals surface area contributed by atoms with Crippen LogP contribution in [0.15, 0.2) is 30.3 Å². The largest absolute Gasteiger partial charge is 0.465 e. The first-order valence-electron chi connectivity index (χ1n) is 9.53. The number of carbonyl (C=O) groups is 1. The molecule has 0 saturated heterocycles. The Hall–Kier alpha value is -2.28. The van der Waals surface area contributed by atoms with Gasteiger partial charge < -0.3 is 5.11 Å². The maximum atomic E-state index is 13.1. The molecule has 0 radical (unpaired) electrons. The fourth-order valence-electron chi connectivity index (χ4n) is 3.74. The molecule has 0 saturated carbocycles. The summed E-state index contributed by atoms with van der Waals surface area (Å²) in [6, 6.07) is 8.14. The molecule has 1 N–H and O–H groups in total. The number of alkyl halides is 2. The van der Waals surface area contributed by atoms with Crippen LogP contribution in [0.5, 0.6) is 0 Å². The van der Waals surface area contributed by atoms with E-state index in [2.05, 4.69) is 23.8 Å². The van der Waals surface area contributed by atoms with Crippen LogP contribution in [-0.4, -0.2) is 39.0 Å². The van der Waals surface area contributed by atoms with Crippen molar-refractivity contribution in [2.75, 3.05) is 6.54 Å². The molecule has 0 aliphatic heterocycles. The lowest BCUT2D eigenvalue weighted by Crippen LogP contribution is -2.39. The Morgan fingerprint density at radius 3 is 2.59 bits per heavy atom. The number of amides is 1. The van der Waals surface area contributed by atoms with E-state index in [1.807, 2.05) is 30.3 Å². The van der Waals surface area contributed by atoms with Gasteiger partial charge in [-0.1, -0.05) is 55.8 Å². The van der Waals surface area contributed by atoms with Gasteiger partial charge in [0, 0.05) is 17.7 Å². The Kier molecular flexibility index (Phi) is 6.36. The number of aromatic nitrogens is 2. The summed E-state index contributed by atoms with van der Waals surface area (Å²) < 4.78 is 26.3.